The molecule has 0 saturated carbocycles. The van der Waals surface area contributed by atoms with Gasteiger partial charge in [-0.05, 0) is 43.9 Å². The first-order chi connectivity index (χ1) is 13.2. The molecule has 2 aromatic carbocycles. The topological polar surface area (TPSA) is 66.8 Å². The minimum Gasteiger partial charge on any atom is -0.481 e. The van der Waals surface area contributed by atoms with Crippen LogP contribution in [0, 0.1) is 5.92 Å². The summed E-state index contributed by atoms with van der Waals surface area (Å²) in [5.74, 6) is -1.66. The number of hydrogen-bond acceptors (Lipinski definition) is 3. The molecule has 5 nitrogen and oxygen atoms in total. The molecule has 0 aliphatic carbocycles. The quantitative estimate of drug-likeness (QED) is 0.831. The maximum Gasteiger partial charge on any atom is 0.410 e. The molecule has 148 valence electrons. The first kappa shape index (κ1) is 19.9. The lowest BCUT2D eigenvalue weighted by Gasteiger charge is -2.37. The van der Waals surface area contributed by atoms with E-state index in [1.165, 1.54) is 4.90 Å². The zero-order chi connectivity index (χ0) is 20.3. The van der Waals surface area contributed by atoms with Gasteiger partial charge < -0.3 is 14.7 Å². The van der Waals surface area contributed by atoms with Crippen LogP contribution in [-0.4, -0.2) is 40.8 Å². The van der Waals surface area contributed by atoms with Crippen LogP contribution in [0.4, 0.5) is 4.79 Å². The largest absolute Gasteiger partial charge is 0.481 e. The second-order valence-corrected chi connectivity index (χ2v) is 8.25. The summed E-state index contributed by atoms with van der Waals surface area (Å²) in [7, 11) is 0. The highest BCUT2D eigenvalue weighted by Crippen LogP contribution is 2.35. The Balaban J connectivity index is 1.75. The maximum atomic E-state index is 12.3. The first-order valence-electron chi connectivity index (χ1n) is 9.61. The Morgan fingerprint density at radius 3 is 2.18 bits per heavy atom. The third-order valence-electron chi connectivity index (χ3n) is 5.03. The van der Waals surface area contributed by atoms with Gasteiger partial charge in [-0.3, -0.25) is 4.79 Å². The molecule has 1 N–H and O–H groups in total. The Hall–Kier alpha value is -2.82. The van der Waals surface area contributed by atoms with Crippen LogP contribution in [0.1, 0.15) is 38.7 Å². The van der Waals surface area contributed by atoms with Crippen LogP contribution in [0.5, 0.6) is 0 Å². The highest BCUT2D eigenvalue weighted by atomic mass is 16.6. The number of amides is 1. The average molecular weight is 381 g/mol. The third kappa shape index (κ3) is 4.71. The summed E-state index contributed by atoms with van der Waals surface area (Å²) < 4.78 is 5.40. The van der Waals surface area contributed by atoms with Crippen LogP contribution in [0.3, 0.4) is 0 Å². The number of carbonyl (C=O) groups is 2. The molecule has 1 fully saturated rings. The molecule has 0 bridgehead atoms. The number of rotatable bonds is 3. The summed E-state index contributed by atoms with van der Waals surface area (Å²) in [6.07, 6.45) is 0.151. The summed E-state index contributed by atoms with van der Waals surface area (Å²) in [6.45, 7) is 6.07. The SMILES string of the molecule is CC(C)(C)OC(=O)N1CCC(c2ccc(-c3ccccc3)cc2)C(C(=O)O)C1. The van der Waals surface area contributed by atoms with Crippen molar-refractivity contribution < 1.29 is 19.4 Å². The van der Waals surface area contributed by atoms with Crippen molar-refractivity contribution in [2.24, 2.45) is 5.92 Å². The Morgan fingerprint density at radius 1 is 1.00 bits per heavy atom. The van der Waals surface area contributed by atoms with Crippen molar-refractivity contribution in [1.29, 1.82) is 0 Å². The number of piperidine rings is 1. The molecule has 1 aliphatic rings. The molecule has 1 amide bonds. The summed E-state index contributed by atoms with van der Waals surface area (Å²) in [5.41, 5.74) is 2.63. The molecule has 0 radical (unpaired) electrons. The first-order valence-corrected chi connectivity index (χ1v) is 9.61. The van der Waals surface area contributed by atoms with Gasteiger partial charge in [-0.2, -0.15) is 0 Å². The van der Waals surface area contributed by atoms with E-state index in [2.05, 4.69) is 0 Å². The van der Waals surface area contributed by atoms with Crippen molar-refractivity contribution in [3.05, 3.63) is 60.2 Å². The van der Waals surface area contributed by atoms with Gasteiger partial charge in [0.2, 0.25) is 0 Å². The molecule has 1 aliphatic heterocycles. The van der Waals surface area contributed by atoms with Crippen LogP contribution >= 0.6 is 0 Å². The monoisotopic (exact) mass is 381 g/mol. The number of aliphatic carboxylic acids is 1. The fraction of sp³-hybridized carbons (Fsp3) is 0.391. The number of carboxylic acid groups (broad SMARTS) is 1. The normalized spacial score (nSPS) is 19.9. The summed E-state index contributed by atoms with van der Waals surface area (Å²) in [4.78, 5) is 25.8. The van der Waals surface area contributed by atoms with E-state index in [-0.39, 0.29) is 12.5 Å². The second kappa shape index (κ2) is 8.05. The molecule has 3 rings (SSSR count). The number of likely N-dealkylation sites (tertiary alicyclic amines) is 1. The van der Waals surface area contributed by atoms with Crippen LogP contribution in [0.25, 0.3) is 11.1 Å². The van der Waals surface area contributed by atoms with Crippen molar-refractivity contribution >= 4 is 12.1 Å². The Kier molecular flexibility index (Phi) is 5.73. The van der Waals surface area contributed by atoms with Crippen LogP contribution in [-0.2, 0) is 9.53 Å². The van der Waals surface area contributed by atoms with Gasteiger partial charge in [-0.25, -0.2) is 4.79 Å². The van der Waals surface area contributed by atoms with E-state index in [1.54, 1.807) is 20.8 Å². The van der Waals surface area contributed by atoms with E-state index in [1.807, 2.05) is 54.6 Å². The average Bonchev–Trinajstić information content (AvgIpc) is 2.67. The van der Waals surface area contributed by atoms with E-state index in [4.69, 9.17) is 4.74 Å². The van der Waals surface area contributed by atoms with Gasteiger partial charge in [0.15, 0.2) is 0 Å². The fourth-order valence-electron chi connectivity index (χ4n) is 3.65. The summed E-state index contributed by atoms with van der Waals surface area (Å²) in [5, 5.41) is 9.76. The van der Waals surface area contributed by atoms with Crippen molar-refractivity contribution in [2.45, 2.75) is 38.7 Å². The van der Waals surface area contributed by atoms with Crippen molar-refractivity contribution in [1.82, 2.24) is 4.90 Å². The van der Waals surface area contributed by atoms with E-state index in [0.29, 0.717) is 13.0 Å². The lowest BCUT2D eigenvalue weighted by Crippen LogP contribution is -2.47. The molecule has 5 heteroatoms. The number of ether oxygens (including phenoxy) is 1. The number of nitrogens with zero attached hydrogens (tertiary/aromatic N) is 1. The number of carbonyl (C=O) groups excluding carboxylic acids is 1. The lowest BCUT2D eigenvalue weighted by atomic mass is 9.80. The lowest BCUT2D eigenvalue weighted by molar-refractivity contribution is -0.144. The Morgan fingerprint density at radius 2 is 1.61 bits per heavy atom. The molecule has 1 saturated heterocycles. The van der Waals surface area contributed by atoms with E-state index in [0.717, 1.165) is 16.7 Å². The van der Waals surface area contributed by atoms with E-state index < -0.39 is 23.6 Å². The molecule has 1 heterocycles. The zero-order valence-corrected chi connectivity index (χ0v) is 16.6. The smallest absolute Gasteiger partial charge is 0.410 e. The van der Waals surface area contributed by atoms with Gasteiger partial charge in [-0.15, -0.1) is 0 Å². The van der Waals surface area contributed by atoms with Gasteiger partial charge >= 0.3 is 12.1 Å². The van der Waals surface area contributed by atoms with Gasteiger partial charge in [0.25, 0.3) is 0 Å². The molecular formula is C23H27NO4. The number of benzene rings is 2. The summed E-state index contributed by atoms with van der Waals surface area (Å²) >= 11 is 0. The van der Waals surface area contributed by atoms with Gasteiger partial charge in [0.1, 0.15) is 5.60 Å². The molecule has 28 heavy (non-hydrogen) atoms. The predicted octanol–water partition coefficient (Wildman–Crippen LogP) is 4.78. The molecular weight excluding hydrogens is 354 g/mol. The van der Waals surface area contributed by atoms with Crippen LogP contribution in [0.15, 0.2) is 54.6 Å². The summed E-state index contributed by atoms with van der Waals surface area (Å²) in [6, 6.07) is 18.1. The molecule has 0 aromatic heterocycles. The Bertz CT molecular complexity index is 824. The van der Waals surface area contributed by atoms with Crippen molar-refractivity contribution in [3.8, 4) is 11.1 Å². The van der Waals surface area contributed by atoms with Gasteiger partial charge in [0.05, 0.1) is 5.92 Å². The molecule has 2 atom stereocenters. The van der Waals surface area contributed by atoms with Crippen LogP contribution < -0.4 is 0 Å². The Labute approximate surface area is 165 Å². The minimum atomic E-state index is -0.884. The minimum absolute atomic E-state index is 0.124. The van der Waals surface area contributed by atoms with Gasteiger partial charge in [-0.1, -0.05) is 54.6 Å². The zero-order valence-electron chi connectivity index (χ0n) is 16.6. The van der Waals surface area contributed by atoms with E-state index in [9.17, 15) is 14.7 Å². The third-order valence-corrected chi connectivity index (χ3v) is 5.03. The van der Waals surface area contributed by atoms with Crippen molar-refractivity contribution in [3.63, 3.8) is 0 Å². The van der Waals surface area contributed by atoms with Crippen molar-refractivity contribution in [2.75, 3.05) is 13.1 Å². The number of carboxylic acids is 1. The van der Waals surface area contributed by atoms with E-state index >= 15 is 0 Å². The highest BCUT2D eigenvalue weighted by molar-refractivity contribution is 5.75. The number of hydrogen-bond donors (Lipinski definition) is 1. The highest BCUT2D eigenvalue weighted by Gasteiger charge is 2.38. The van der Waals surface area contributed by atoms with Gasteiger partial charge in [0, 0.05) is 19.0 Å². The maximum absolute atomic E-state index is 12.3. The molecule has 0 spiro atoms. The van der Waals surface area contributed by atoms with Crippen LogP contribution in [0.2, 0.25) is 0 Å². The molecule has 2 aromatic rings. The second-order valence-electron chi connectivity index (χ2n) is 8.25. The standard InChI is InChI=1S/C23H27NO4/c1-23(2,3)28-22(27)24-14-13-19(20(15-24)21(25)26)18-11-9-17(10-12-18)16-7-5-4-6-8-16/h4-12,19-20H,13-15H2,1-3H3,(H,25,26). The predicted molar refractivity (Wildman–Crippen MR) is 108 cm³/mol. The fourth-order valence-corrected chi connectivity index (χ4v) is 3.65. The molecule has 2 unspecified atom stereocenters.